The highest BCUT2D eigenvalue weighted by Gasteiger charge is 2.25. The summed E-state index contributed by atoms with van der Waals surface area (Å²) in [7, 11) is 1.59. The van der Waals surface area contributed by atoms with Crippen LogP contribution in [0.4, 0.5) is 0 Å². The van der Waals surface area contributed by atoms with Crippen LogP contribution in [-0.4, -0.2) is 12.9 Å². The Kier molecular flexibility index (Phi) is 4.02. The summed E-state index contributed by atoms with van der Waals surface area (Å²) in [5, 5.41) is 0. The van der Waals surface area contributed by atoms with Crippen LogP contribution < -0.4 is 10.5 Å². The number of hydrogen-bond acceptors (Lipinski definition) is 4. The maximum absolute atomic E-state index is 12.3. The second kappa shape index (κ2) is 5.71. The van der Waals surface area contributed by atoms with Gasteiger partial charge in [0.1, 0.15) is 11.5 Å². The molecular weight excluding hydrogens is 242 g/mol. The van der Waals surface area contributed by atoms with Gasteiger partial charge in [0.05, 0.1) is 19.4 Å². The van der Waals surface area contributed by atoms with Gasteiger partial charge in [0.25, 0.3) is 0 Å². The predicted molar refractivity (Wildman–Crippen MR) is 72.1 cm³/mol. The first-order chi connectivity index (χ1) is 9.13. The molecule has 1 aromatic carbocycles. The number of Topliss-reactive ketones (excluding diaryl/α,β-unsaturated/α-hetero) is 1. The van der Waals surface area contributed by atoms with Crippen molar-refractivity contribution in [2.45, 2.75) is 13.0 Å². The van der Waals surface area contributed by atoms with E-state index in [1.807, 2.05) is 0 Å². The molecule has 4 heteroatoms. The van der Waals surface area contributed by atoms with Gasteiger partial charge in [-0.1, -0.05) is 6.92 Å². The van der Waals surface area contributed by atoms with Gasteiger partial charge in [0, 0.05) is 11.5 Å². The SMILES string of the molecule is COc1ccc(C(=O)[C@@H](C)[C@H](N)c2ccco2)cc1. The molecule has 0 aliphatic heterocycles. The number of carbonyl (C=O) groups is 1. The van der Waals surface area contributed by atoms with E-state index >= 15 is 0 Å². The molecule has 0 fully saturated rings. The molecular formula is C15H17NO3. The number of nitrogens with two attached hydrogens (primary N) is 1. The van der Waals surface area contributed by atoms with Crippen LogP contribution in [0.3, 0.4) is 0 Å². The summed E-state index contributed by atoms with van der Waals surface area (Å²) < 4.78 is 10.3. The Hall–Kier alpha value is -2.07. The topological polar surface area (TPSA) is 65.5 Å². The molecule has 100 valence electrons. The maximum Gasteiger partial charge on any atom is 0.167 e. The van der Waals surface area contributed by atoms with Crippen molar-refractivity contribution in [3.05, 3.63) is 54.0 Å². The minimum atomic E-state index is -0.440. The van der Waals surface area contributed by atoms with E-state index in [-0.39, 0.29) is 11.7 Å². The molecule has 19 heavy (non-hydrogen) atoms. The van der Waals surface area contributed by atoms with Crippen molar-refractivity contribution < 1.29 is 13.9 Å². The molecule has 2 atom stereocenters. The summed E-state index contributed by atoms with van der Waals surface area (Å²) in [4.78, 5) is 12.3. The molecule has 0 unspecified atom stereocenters. The minimum absolute atomic E-state index is 0.00782. The van der Waals surface area contributed by atoms with E-state index in [4.69, 9.17) is 14.9 Å². The van der Waals surface area contributed by atoms with Crippen molar-refractivity contribution in [3.8, 4) is 5.75 Å². The zero-order valence-electron chi connectivity index (χ0n) is 11.0. The van der Waals surface area contributed by atoms with Crippen LogP contribution in [0.25, 0.3) is 0 Å². The van der Waals surface area contributed by atoms with Gasteiger partial charge in [-0.2, -0.15) is 0 Å². The van der Waals surface area contributed by atoms with E-state index in [9.17, 15) is 4.79 Å². The fourth-order valence-corrected chi connectivity index (χ4v) is 1.91. The fraction of sp³-hybridized carbons (Fsp3) is 0.267. The number of hydrogen-bond donors (Lipinski definition) is 1. The first kappa shape index (κ1) is 13.4. The Balaban J connectivity index is 2.14. The van der Waals surface area contributed by atoms with Gasteiger partial charge in [-0.05, 0) is 36.4 Å². The molecule has 4 nitrogen and oxygen atoms in total. The van der Waals surface area contributed by atoms with Crippen molar-refractivity contribution in [3.63, 3.8) is 0 Å². The van der Waals surface area contributed by atoms with E-state index in [0.717, 1.165) is 5.75 Å². The molecule has 0 saturated carbocycles. The lowest BCUT2D eigenvalue weighted by atomic mass is 9.91. The molecule has 1 aromatic heterocycles. The summed E-state index contributed by atoms with van der Waals surface area (Å²) in [6.45, 7) is 1.81. The largest absolute Gasteiger partial charge is 0.497 e. The Labute approximate surface area is 112 Å². The molecule has 0 amide bonds. The van der Waals surface area contributed by atoms with Gasteiger partial charge in [-0.15, -0.1) is 0 Å². The monoisotopic (exact) mass is 259 g/mol. The Morgan fingerprint density at radius 3 is 2.47 bits per heavy atom. The first-order valence-electron chi connectivity index (χ1n) is 6.10. The van der Waals surface area contributed by atoms with Crippen molar-refractivity contribution >= 4 is 5.78 Å². The summed E-state index contributed by atoms with van der Waals surface area (Å²) in [5.74, 6) is 0.986. The van der Waals surface area contributed by atoms with Crippen LogP contribution in [0.15, 0.2) is 47.1 Å². The van der Waals surface area contributed by atoms with Crippen LogP contribution in [0.1, 0.15) is 29.1 Å². The van der Waals surface area contributed by atoms with E-state index in [2.05, 4.69) is 0 Å². The van der Waals surface area contributed by atoms with Crippen molar-refractivity contribution in [1.29, 1.82) is 0 Å². The molecule has 0 aliphatic carbocycles. The Morgan fingerprint density at radius 1 is 1.26 bits per heavy atom. The van der Waals surface area contributed by atoms with E-state index < -0.39 is 6.04 Å². The first-order valence-corrected chi connectivity index (χ1v) is 6.10. The number of benzene rings is 1. The normalized spacial score (nSPS) is 13.8. The molecule has 0 radical (unpaired) electrons. The lowest BCUT2D eigenvalue weighted by Crippen LogP contribution is -2.25. The number of furan rings is 1. The fourth-order valence-electron chi connectivity index (χ4n) is 1.91. The molecule has 0 spiro atoms. The molecule has 2 N–H and O–H groups in total. The van der Waals surface area contributed by atoms with Gasteiger partial charge in [0.2, 0.25) is 0 Å². The van der Waals surface area contributed by atoms with Crippen LogP contribution in [0.2, 0.25) is 0 Å². The highest BCUT2D eigenvalue weighted by Crippen LogP contribution is 2.24. The number of rotatable bonds is 5. The van der Waals surface area contributed by atoms with Crippen molar-refractivity contribution in [1.82, 2.24) is 0 Å². The van der Waals surface area contributed by atoms with Crippen molar-refractivity contribution in [2.75, 3.05) is 7.11 Å². The van der Waals surface area contributed by atoms with Gasteiger partial charge >= 0.3 is 0 Å². The molecule has 0 bridgehead atoms. The lowest BCUT2D eigenvalue weighted by Gasteiger charge is -2.16. The Bertz CT molecular complexity index is 531. The van der Waals surface area contributed by atoms with E-state index in [1.165, 1.54) is 0 Å². The third-order valence-electron chi connectivity index (χ3n) is 3.20. The minimum Gasteiger partial charge on any atom is -0.497 e. The lowest BCUT2D eigenvalue weighted by molar-refractivity contribution is 0.0906. The zero-order chi connectivity index (χ0) is 13.8. The van der Waals surface area contributed by atoms with Gasteiger partial charge < -0.3 is 14.9 Å². The quantitative estimate of drug-likeness (QED) is 0.838. The van der Waals surface area contributed by atoms with Crippen LogP contribution >= 0.6 is 0 Å². The standard InChI is InChI=1S/C15H17NO3/c1-10(14(16)13-4-3-9-19-13)15(17)11-5-7-12(18-2)8-6-11/h3-10,14H,16H2,1-2H3/t10-,14-/m0/s1. The Morgan fingerprint density at radius 2 is 1.95 bits per heavy atom. The van der Waals surface area contributed by atoms with Gasteiger partial charge in [-0.3, -0.25) is 4.79 Å². The van der Waals surface area contributed by atoms with Crippen molar-refractivity contribution in [2.24, 2.45) is 11.7 Å². The summed E-state index contributed by atoms with van der Waals surface area (Å²) in [6, 6.07) is 10.1. The van der Waals surface area contributed by atoms with Crippen LogP contribution in [0.5, 0.6) is 5.75 Å². The van der Waals surface area contributed by atoms with Gasteiger partial charge in [-0.25, -0.2) is 0 Å². The van der Waals surface area contributed by atoms with Gasteiger partial charge in [0.15, 0.2) is 5.78 Å². The highest BCUT2D eigenvalue weighted by molar-refractivity contribution is 5.98. The summed E-state index contributed by atoms with van der Waals surface area (Å²) in [6.07, 6.45) is 1.56. The smallest absolute Gasteiger partial charge is 0.167 e. The van der Waals surface area contributed by atoms with Crippen LogP contribution in [-0.2, 0) is 0 Å². The number of methoxy groups -OCH3 is 1. The molecule has 2 aromatic rings. The third kappa shape index (κ3) is 2.85. The van der Waals surface area contributed by atoms with Crippen LogP contribution in [0, 0.1) is 5.92 Å². The summed E-state index contributed by atoms with van der Waals surface area (Å²) in [5.41, 5.74) is 6.66. The van der Waals surface area contributed by atoms with E-state index in [0.29, 0.717) is 11.3 Å². The average Bonchev–Trinajstić information content (AvgIpc) is 2.99. The predicted octanol–water partition coefficient (Wildman–Crippen LogP) is 2.81. The second-order valence-electron chi connectivity index (χ2n) is 4.42. The molecule has 1 heterocycles. The second-order valence-corrected chi connectivity index (χ2v) is 4.42. The number of carbonyl (C=O) groups excluding carboxylic acids is 1. The zero-order valence-corrected chi connectivity index (χ0v) is 11.0. The summed E-state index contributed by atoms with van der Waals surface area (Å²) >= 11 is 0. The average molecular weight is 259 g/mol. The highest BCUT2D eigenvalue weighted by atomic mass is 16.5. The number of ether oxygens (including phenoxy) is 1. The number of ketones is 1. The molecule has 2 rings (SSSR count). The third-order valence-corrected chi connectivity index (χ3v) is 3.20. The molecule has 0 saturated heterocycles. The van der Waals surface area contributed by atoms with E-state index in [1.54, 1.807) is 56.7 Å². The molecule has 0 aliphatic rings. The maximum atomic E-state index is 12.3.